The van der Waals surface area contributed by atoms with Crippen LogP contribution in [0.15, 0.2) is 11.1 Å². The molecule has 0 aromatic carbocycles. The Hall–Kier alpha value is -0.830. The standard InChI is InChI=1S/C13H21NO2/c1-2-16-10-13(15)14-8-6-12(7-9-14)11-4-3-5-11/h2-10H2,1H3. The maximum absolute atomic E-state index is 11.7. The van der Waals surface area contributed by atoms with Crippen LogP contribution in [-0.4, -0.2) is 37.1 Å². The topological polar surface area (TPSA) is 29.5 Å². The van der Waals surface area contributed by atoms with Gasteiger partial charge >= 0.3 is 0 Å². The lowest BCUT2D eigenvalue weighted by Gasteiger charge is -2.32. The van der Waals surface area contributed by atoms with Crippen LogP contribution in [0.5, 0.6) is 0 Å². The Morgan fingerprint density at radius 1 is 1.19 bits per heavy atom. The van der Waals surface area contributed by atoms with Crippen molar-refractivity contribution in [2.75, 3.05) is 26.3 Å². The second kappa shape index (κ2) is 5.48. The lowest BCUT2D eigenvalue weighted by atomic mass is 9.84. The summed E-state index contributed by atoms with van der Waals surface area (Å²) < 4.78 is 5.15. The van der Waals surface area contributed by atoms with Crippen molar-refractivity contribution in [2.45, 2.75) is 39.0 Å². The molecular formula is C13H21NO2. The minimum Gasteiger partial charge on any atom is -0.372 e. The number of ether oxygens (including phenoxy) is 1. The van der Waals surface area contributed by atoms with Gasteiger partial charge in [-0.15, -0.1) is 0 Å². The zero-order valence-corrected chi connectivity index (χ0v) is 10.1. The highest BCUT2D eigenvalue weighted by molar-refractivity contribution is 5.77. The number of rotatable bonds is 3. The van der Waals surface area contributed by atoms with Gasteiger partial charge in [0.1, 0.15) is 6.61 Å². The summed E-state index contributed by atoms with van der Waals surface area (Å²) in [5.41, 5.74) is 3.31. The van der Waals surface area contributed by atoms with E-state index in [4.69, 9.17) is 4.74 Å². The molecular weight excluding hydrogens is 202 g/mol. The number of carbonyl (C=O) groups excluding carboxylic acids is 1. The van der Waals surface area contributed by atoms with Crippen molar-refractivity contribution in [3.8, 4) is 0 Å². The van der Waals surface area contributed by atoms with Gasteiger partial charge in [0.15, 0.2) is 0 Å². The van der Waals surface area contributed by atoms with Crippen LogP contribution < -0.4 is 0 Å². The molecule has 1 amide bonds. The molecule has 0 atom stereocenters. The van der Waals surface area contributed by atoms with Crippen molar-refractivity contribution in [3.63, 3.8) is 0 Å². The van der Waals surface area contributed by atoms with Gasteiger partial charge in [-0.1, -0.05) is 11.1 Å². The van der Waals surface area contributed by atoms with Gasteiger partial charge in [-0.3, -0.25) is 4.79 Å². The van der Waals surface area contributed by atoms with Gasteiger partial charge in [-0.2, -0.15) is 0 Å². The normalized spacial score (nSPS) is 20.9. The van der Waals surface area contributed by atoms with E-state index in [1.165, 1.54) is 19.3 Å². The van der Waals surface area contributed by atoms with Crippen LogP contribution in [0.1, 0.15) is 39.0 Å². The van der Waals surface area contributed by atoms with Crippen molar-refractivity contribution in [2.24, 2.45) is 0 Å². The van der Waals surface area contributed by atoms with E-state index in [-0.39, 0.29) is 12.5 Å². The average molecular weight is 223 g/mol. The van der Waals surface area contributed by atoms with E-state index in [9.17, 15) is 4.79 Å². The molecule has 1 aliphatic carbocycles. The van der Waals surface area contributed by atoms with Gasteiger partial charge < -0.3 is 9.64 Å². The molecule has 1 saturated heterocycles. The maximum atomic E-state index is 11.7. The Morgan fingerprint density at radius 2 is 1.81 bits per heavy atom. The fraction of sp³-hybridized carbons (Fsp3) is 0.769. The number of likely N-dealkylation sites (tertiary alicyclic amines) is 1. The second-order valence-electron chi connectivity index (χ2n) is 4.58. The minimum absolute atomic E-state index is 0.152. The molecule has 0 bridgehead atoms. The van der Waals surface area contributed by atoms with Crippen LogP contribution in [0.25, 0.3) is 0 Å². The molecule has 0 aromatic heterocycles. The Morgan fingerprint density at radius 3 is 2.31 bits per heavy atom. The Bertz CT molecular complexity index is 280. The molecule has 0 unspecified atom stereocenters. The first-order valence-corrected chi connectivity index (χ1v) is 6.36. The molecule has 2 fully saturated rings. The van der Waals surface area contributed by atoms with E-state index in [1.54, 1.807) is 11.1 Å². The number of hydrogen-bond donors (Lipinski definition) is 0. The smallest absolute Gasteiger partial charge is 0.248 e. The zero-order valence-electron chi connectivity index (χ0n) is 10.1. The Balaban J connectivity index is 1.78. The largest absolute Gasteiger partial charge is 0.372 e. The van der Waals surface area contributed by atoms with Crippen LogP contribution in [-0.2, 0) is 9.53 Å². The summed E-state index contributed by atoms with van der Waals surface area (Å²) in [6.07, 6.45) is 6.16. The van der Waals surface area contributed by atoms with Crippen molar-refractivity contribution < 1.29 is 9.53 Å². The molecule has 0 radical (unpaired) electrons. The summed E-state index contributed by atoms with van der Waals surface area (Å²) in [5, 5.41) is 0. The quantitative estimate of drug-likeness (QED) is 0.686. The minimum atomic E-state index is 0.152. The van der Waals surface area contributed by atoms with Gasteiger partial charge in [-0.25, -0.2) is 0 Å². The molecule has 3 heteroatoms. The second-order valence-corrected chi connectivity index (χ2v) is 4.58. The molecule has 1 aliphatic heterocycles. The lowest BCUT2D eigenvalue weighted by Crippen LogP contribution is -2.39. The molecule has 2 aliphatic rings. The monoisotopic (exact) mass is 223 g/mol. The van der Waals surface area contributed by atoms with Gasteiger partial charge in [-0.05, 0) is 39.0 Å². The molecule has 0 aromatic rings. The van der Waals surface area contributed by atoms with E-state index < -0.39 is 0 Å². The fourth-order valence-electron chi connectivity index (χ4n) is 2.37. The molecule has 90 valence electrons. The maximum Gasteiger partial charge on any atom is 0.248 e. The first-order chi connectivity index (χ1) is 7.81. The van der Waals surface area contributed by atoms with Crippen LogP contribution in [0.2, 0.25) is 0 Å². The van der Waals surface area contributed by atoms with Gasteiger partial charge in [0.2, 0.25) is 5.91 Å². The third-order valence-electron chi connectivity index (χ3n) is 3.61. The zero-order chi connectivity index (χ0) is 11.4. The summed E-state index contributed by atoms with van der Waals surface area (Å²) in [6, 6.07) is 0. The Kier molecular flexibility index (Phi) is 3.99. The summed E-state index contributed by atoms with van der Waals surface area (Å²) >= 11 is 0. The summed E-state index contributed by atoms with van der Waals surface area (Å²) in [7, 11) is 0. The van der Waals surface area contributed by atoms with Crippen LogP contribution >= 0.6 is 0 Å². The molecule has 1 heterocycles. The highest BCUT2D eigenvalue weighted by atomic mass is 16.5. The van der Waals surface area contributed by atoms with E-state index in [0.717, 1.165) is 25.9 Å². The number of piperidine rings is 1. The summed E-state index contributed by atoms with van der Waals surface area (Å²) in [4.78, 5) is 13.6. The number of carbonyl (C=O) groups is 1. The first kappa shape index (κ1) is 11.6. The van der Waals surface area contributed by atoms with Crippen molar-refractivity contribution in [3.05, 3.63) is 11.1 Å². The van der Waals surface area contributed by atoms with Gasteiger partial charge in [0.25, 0.3) is 0 Å². The van der Waals surface area contributed by atoms with Crippen LogP contribution in [0, 0.1) is 0 Å². The first-order valence-electron chi connectivity index (χ1n) is 6.36. The van der Waals surface area contributed by atoms with E-state index in [0.29, 0.717) is 6.61 Å². The SMILES string of the molecule is CCOCC(=O)N1CCC(=C2CCC2)CC1. The van der Waals surface area contributed by atoms with E-state index in [1.807, 2.05) is 11.8 Å². The molecule has 0 spiro atoms. The number of hydrogen-bond acceptors (Lipinski definition) is 2. The van der Waals surface area contributed by atoms with Crippen LogP contribution in [0.4, 0.5) is 0 Å². The van der Waals surface area contributed by atoms with E-state index in [2.05, 4.69) is 0 Å². The third-order valence-corrected chi connectivity index (χ3v) is 3.61. The van der Waals surface area contributed by atoms with Gasteiger partial charge in [0.05, 0.1) is 0 Å². The molecule has 1 saturated carbocycles. The fourth-order valence-corrected chi connectivity index (χ4v) is 2.37. The third kappa shape index (κ3) is 2.64. The number of nitrogens with zero attached hydrogens (tertiary/aromatic N) is 1. The summed E-state index contributed by atoms with van der Waals surface area (Å²) in [5.74, 6) is 0.152. The number of allylic oxidation sites excluding steroid dienone is 1. The van der Waals surface area contributed by atoms with Crippen LogP contribution in [0.3, 0.4) is 0 Å². The molecule has 2 rings (SSSR count). The highest BCUT2D eigenvalue weighted by Gasteiger charge is 2.22. The van der Waals surface area contributed by atoms with E-state index >= 15 is 0 Å². The van der Waals surface area contributed by atoms with Crippen molar-refractivity contribution in [1.29, 1.82) is 0 Å². The highest BCUT2D eigenvalue weighted by Crippen LogP contribution is 2.33. The van der Waals surface area contributed by atoms with Crippen molar-refractivity contribution >= 4 is 5.91 Å². The molecule has 0 N–H and O–H groups in total. The summed E-state index contributed by atoms with van der Waals surface area (Å²) in [6.45, 7) is 4.58. The molecule has 3 nitrogen and oxygen atoms in total. The molecule has 16 heavy (non-hydrogen) atoms. The van der Waals surface area contributed by atoms with Gasteiger partial charge in [0, 0.05) is 19.7 Å². The average Bonchev–Trinajstić information content (AvgIpc) is 2.24. The number of amides is 1. The predicted molar refractivity (Wildman–Crippen MR) is 63.2 cm³/mol. The lowest BCUT2D eigenvalue weighted by molar-refractivity contribution is -0.136. The predicted octanol–water partition coefficient (Wildman–Crippen LogP) is 2.13. The Labute approximate surface area is 97.5 Å². The van der Waals surface area contributed by atoms with Crippen molar-refractivity contribution in [1.82, 2.24) is 4.90 Å².